The molecule has 1 heterocycles. The molecule has 0 spiro atoms. The molecule has 0 unspecified atom stereocenters. The zero-order valence-corrected chi connectivity index (χ0v) is 14.3. The van der Waals surface area contributed by atoms with E-state index >= 15 is 0 Å². The normalized spacial score (nSPS) is 10.8. The molecule has 0 radical (unpaired) electrons. The van der Waals surface area contributed by atoms with E-state index in [0.29, 0.717) is 11.5 Å². The Hall–Kier alpha value is -1.75. The molecule has 0 aliphatic carbocycles. The molecule has 1 aromatic heterocycles. The van der Waals surface area contributed by atoms with E-state index in [9.17, 15) is 0 Å². The highest BCUT2D eigenvalue weighted by Gasteiger charge is 2.16. The molecular weight excluding hydrogens is 302 g/mol. The van der Waals surface area contributed by atoms with E-state index in [1.165, 1.54) is 0 Å². The van der Waals surface area contributed by atoms with Crippen LogP contribution in [0.25, 0.3) is 10.9 Å². The number of ether oxygens (including phenoxy) is 2. The highest BCUT2D eigenvalue weighted by atomic mass is 35.5. The first-order valence-electron chi connectivity index (χ1n) is 7.48. The summed E-state index contributed by atoms with van der Waals surface area (Å²) in [6.07, 6.45) is 2.08. The highest BCUT2D eigenvalue weighted by molar-refractivity contribution is 6.28. The Kier molecular flexibility index (Phi) is 5.66. The molecule has 0 bridgehead atoms. The lowest BCUT2D eigenvalue weighted by atomic mass is 10.2. The second kappa shape index (κ2) is 7.49. The van der Waals surface area contributed by atoms with Crippen molar-refractivity contribution < 1.29 is 9.47 Å². The van der Waals surface area contributed by atoms with Gasteiger partial charge in [0.15, 0.2) is 11.5 Å². The van der Waals surface area contributed by atoms with Crippen molar-refractivity contribution in [3.8, 4) is 11.5 Å². The number of fused-ring (bicyclic) bond motifs is 1. The van der Waals surface area contributed by atoms with Gasteiger partial charge in [0.25, 0.3) is 0 Å². The quantitative estimate of drug-likeness (QED) is 0.723. The van der Waals surface area contributed by atoms with Gasteiger partial charge in [0, 0.05) is 24.5 Å². The zero-order valence-electron chi connectivity index (χ0n) is 13.5. The van der Waals surface area contributed by atoms with Gasteiger partial charge in [-0.2, -0.15) is 4.98 Å². The van der Waals surface area contributed by atoms with Crippen LogP contribution in [0.4, 0.5) is 5.82 Å². The molecule has 2 aromatic rings. The predicted molar refractivity (Wildman–Crippen MR) is 90.4 cm³/mol. The fourth-order valence-electron chi connectivity index (χ4n) is 2.52. The fraction of sp³-hybridized carbons (Fsp3) is 0.500. The largest absolute Gasteiger partial charge is 0.493 e. The molecule has 6 heteroatoms. The molecule has 0 atom stereocenters. The number of hydrogen-bond acceptors (Lipinski definition) is 5. The van der Waals surface area contributed by atoms with Gasteiger partial charge in [0.05, 0.1) is 19.7 Å². The summed E-state index contributed by atoms with van der Waals surface area (Å²) in [6.45, 7) is 6.14. The third-order valence-electron chi connectivity index (χ3n) is 3.44. The molecule has 5 nitrogen and oxygen atoms in total. The van der Waals surface area contributed by atoms with Gasteiger partial charge < -0.3 is 14.4 Å². The standard InChI is InChI=1S/C16H22ClN3O2/c1-5-7-20(8-6-2)15-11-9-13(21-3)14(22-4)10-12(11)18-16(17)19-15/h9-10H,5-8H2,1-4H3. The van der Waals surface area contributed by atoms with Gasteiger partial charge in [0.2, 0.25) is 5.28 Å². The molecule has 22 heavy (non-hydrogen) atoms. The van der Waals surface area contributed by atoms with E-state index in [1.807, 2.05) is 12.1 Å². The second-order valence-electron chi connectivity index (χ2n) is 5.03. The smallest absolute Gasteiger partial charge is 0.224 e. The van der Waals surface area contributed by atoms with Crippen LogP contribution in [0.5, 0.6) is 11.5 Å². The number of hydrogen-bond donors (Lipinski definition) is 0. The number of aromatic nitrogens is 2. The van der Waals surface area contributed by atoms with Crippen LogP contribution in [0, 0.1) is 0 Å². The van der Waals surface area contributed by atoms with Crippen LogP contribution >= 0.6 is 11.6 Å². The first-order chi connectivity index (χ1) is 10.6. The molecular formula is C16H22ClN3O2. The van der Waals surface area contributed by atoms with Crippen LogP contribution < -0.4 is 14.4 Å². The van der Waals surface area contributed by atoms with E-state index in [-0.39, 0.29) is 5.28 Å². The summed E-state index contributed by atoms with van der Waals surface area (Å²) in [7, 11) is 3.23. The maximum absolute atomic E-state index is 6.12. The minimum Gasteiger partial charge on any atom is -0.493 e. The number of anilines is 1. The summed E-state index contributed by atoms with van der Waals surface area (Å²) in [4.78, 5) is 11.0. The van der Waals surface area contributed by atoms with E-state index in [0.717, 1.165) is 42.7 Å². The van der Waals surface area contributed by atoms with Crippen LogP contribution in [0.15, 0.2) is 12.1 Å². The van der Waals surface area contributed by atoms with Crippen molar-refractivity contribution in [1.82, 2.24) is 9.97 Å². The van der Waals surface area contributed by atoms with Crippen molar-refractivity contribution in [2.75, 3.05) is 32.2 Å². The zero-order chi connectivity index (χ0) is 16.1. The van der Waals surface area contributed by atoms with Gasteiger partial charge in [-0.1, -0.05) is 13.8 Å². The van der Waals surface area contributed by atoms with Crippen molar-refractivity contribution in [1.29, 1.82) is 0 Å². The van der Waals surface area contributed by atoms with Gasteiger partial charge in [-0.15, -0.1) is 0 Å². The highest BCUT2D eigenvalue weighted by Crippen LogP contribution is 2.35. The average molecular weight is 324 g/mol. The Balaban J connectivity index is 2.66. The summed E-state index contributed by atoms with van der Waals surface area (Å²) in [5.74, 6) is 2.14. The second-order valence-corrected chi connectivity index (χ2v) is 5.37. The molecule has 2 rings (SSSR count). The van der Waals surface area contributed by atoms with Gasteiger partial charge in [0.1, 0.15) is 5.82 Å². The summed E-state index contributed by atoms with van der Waals surface area (Å²) in [5.41, 5.74) is 0.754. The molecule has 0 saturated heterocycles. The molecule has 120 valence electrons. The van der Waals surface area contributed by atoms with Gasteiger partial charge in [-0.05, 0) is 30.5 Å². The summed E-state index contributed by atoms with van der Waals surface area (Å²) < 4.78 is 10.7. The molecule has 0 aliphatic heterocycles. The number of benzene rings is 1. The molecule has 1 aromatic carbocycles. The van der Waals surface area contributed by atoms with Crippen LogP contribution in [0.1, 0.15) is 26.7 Å². The van der Waals surface area contributed by atoms with Crippen molar-refractivity contribution in [3.05, 3.63) is 17.4 Å². The van der Waals surface area contributed by atoms with Crippen molar-refractivity contribution >= 4 is 28.3 Å². The number of halogens is 1. The Morgan fingerprint density at radius 1 is 1.00 bits per heavy atom. The van der Waals surface area contributed by atoms with Crippen molar-refractivity contribution in [2.24, 2.45) is 0 Å². The molecule has 0 aliphatic rings. The first kappa shape index (κ1) is 16.6. The van der Waals surface area contributed by atoms with E-state index < -0.39 is 0 Å². The predicted octanol–water partition coefficient (Wildman–Crippen LogP) is 3.93. The number of methoxy groups -OCH3 is 2. The Labute approximate surface area is 136 Å². The third-order valence-corrected chi connectivity index (χ3v) is 3.61. The van der Waals surface area contributed by atoms with E-state index in [2.05, 4.69) is 28.7 Å². The maximum Gasteiger partial charge on any atom is 0.224 e. The van der Waals surface area contributed by atoms with Crippen LogP contribution in [-0.4, -0.2) is 37.3 Å². The third kappa shape index (κ3) is 3.35. The van der Waals surface area contributed by atoms with Gasteiger partial charge in [-0.3, -0.25) is 0 Å². The molecule has 0 amide bonds. The number of rotatable bonds is 7. The lowest BCUT2D eigenvalue weighted by molar-refractivity contribution is 0.356. The van der Waals surface area contributed by atoms with Crippen LogP contribution in [0.3, 0.4) is 0 Å². The molecule has 0 N–H and O–H groups in total. The SMILES string of the molecule is CCCN(CCC)c1nc(Cl)nc2cc(OC)c(OC)cc12. The minimum atomic E-state index is 0.243. The van der Waals surface area contributed by atoms with Crippen LogP contribution in [0.2, 0.25) is 5.28 Å². The Morgan fingerprint density at radius 2 is 1.59 bits per heavy atom. The lowest BCUT2D eigenvalue weighted by Crippen LogP contribution is -2.26. The molecule has 0 fully saturated rings. The Morgan fingerprint density at radius 3 is 2.14 bits per heavy atom. The monoisotopic (exact) mass is 323 g/mol. The average Bonchev–Trinajstić information content (AvgIpc) is 2.52. The minimum absolute atomic E-state index is 0.243. The van der Waals surface area contributed by atoms with Gasteiger partial charge >= 0.3 is 0 Å². The maximum atomic E-state index is 6.12. The van der Waals surface area contributed by atoms with Crippen molar-refractivity contribution in [3.63, 3.8) is 0 Å². The van der Waals surface area contributed by atoms with E-state index in [1.54, 1.807) is 14.2 Å². The number of nitrogens with zero attached hydrogens (tertiary/aromatic N) is 3. The topological polar surface area (TPSA) is 47.5 Å². The van der Waals surface area contributed by atoms with Crippen molar-refractivity contribution in [2.45, 2.75) is 26.7 Å². The van der Waals surface area contributed by atoms with Crippen LogP contribution in [-0.2, 0) is 0 Å². The first-order valence-corrected chi connectivity index (χ1v) is 7.86. The molecule has 0 saturated carbocycles. The Bertz CT molecular complexity index is 643. The fourth-order valence-corrected chi connectivity index (χ4v) is 2.69. The summed E-state index contributed by atoms with van der Waals surface area (Å²) in [5, 5.41) is 1.16. The van der Waals surface area contributed by atoms with Gasteiger partial charge in [-0.25, -0.2) is 4.98 Å². The summed E-state index contributed by atoms with van der Waals surface area (Å²) >= 11 is 6.12. The van der Waals surface area contributed by atoms with E-state index in [4.69, 9.17) is 21.1 Å². The lowest BCUT2D eigenvalue weighted by Gasteiger charge is -2.24. The summed E-state index contributed by atoms with van der Waals surface area (Å²) in [6, 6.07) is 3.75.